The quantitative estimate of drug-likeness (QED) is 0.388. The number of ether oxygens (including phenoxy) is 1. The zero-order chi connectivity index (χ0) is 17.6. The zero-order valence-corrected chi connectivity index (χ0v) is 13.9. The Morgan fingerprint density at radius 2 is 1.58 bits per heavy atom. The number of nitrogens with zero attached hydrogens (tertiary/aromatic N) is 3. The van der Waals surface area contributed by atoms with Crippen LogP contribution in [0.4, 0.5) is 4.79 Å². The molecule has 1 amide bonds. The SMILES string of the molecule is Cc1cc2c(cc1C)[n+]([O-])c1c(OC(=O)N(C)C)cccc1[n+]2[O-]. The predicted molar refractivity (Wildman–Crippen MR) is 88.6 cm³/mol. The first-order valence-electron chi connectivity index (χ1n) is 7.39. The lowest BCUT2D eigenvalue weighted by Crippen LogP contribution is -2.40. The number of rotatable bonds is 1. The van der Waals surface area contributed by atoms with Crippen molar-refractivity contribution >= 4 is 28.2 Å². The van der Waals surface area contributed by atoms with Crippen LogP contribution in [0.2, 0.25) is 0 Å². The second-order valence-corrected chi connectivity index (χ2v) is 5.90. The lowest BCUT2D eigenvalue weighted by Gasteiger charge is -2.13. The summed E-state index contributed by atoms with van der Waals surface area (Å²) in [6.45, 7) is 3.75. The molecule has 0 unspecified atom stereocenters. The molecule has 2 aromatic carbocycles. The van der Waals surface area contributed by atoms with Crippen LogP contribution in [0.3, 0.4) is 0 Å². The Kier molecular flexibility index (Phi) is 3.63. The standard InChI is InChI=1S/C17H17N3O4/c1-10-8-13-14(9-11(10)2)20(23)16-12(19(13)22)6-5-7-15(16)24-17(21)18(3)4/h5-9H,1-4H3. The van der Waals surface area contributed by atoms with Crippen molar-refractivity contribution in [3.05, 3.63) is 51.9 Å². The number of carbonyl (C=O) groups excluding carboxylic acids is 1. The third-order valence-corrected chi connectivity index (χ3v) is 3.99. The van der Waals surface area contributed by atoms with Crippen molar-refractivity contribution in [3.63, 3.8) is 0 Å². The maximum Gasteiger partial charge on any atom is 0.414 e. The molecule has 1 aromatic heterocycles. The van der Waals surface area contributed by atoms with Gasteiger partial charge >= 0.3 is 11.6 Å². The highest BCUT2D eigenvalue weighted by atomic mass is 16.6. The lowest BCUT2D eigenvalue weighted by molar-refractivity contribution is -0.591. The van der Waals surface area contributed by atoms with Crippen LogP contribution in [-0.2, 0) is 0 Å². The van der Waals surface area contributed by atoms with E-state index >= 15 is 0 Å². The molecule has 0 aliphatic rings. The fourth-order valence-corrected chi connectivity index (χ4v) is 2.51. The van der Waals surface area contributed by atoms with E-state index in [1.807, 2.05) is 13.8 Å². The van der Waals surface area contributed by atoms with Gasteiger partial charge in [0, 0.05) is 32.3 Å². The fourth-order valence-electron chi connectivity index (χ4n) is 2.51. The highest BCUT2D eigenvalue weighted by Crippen LogP contribution is 2.24. The Labute approximate surface area is 138 Å². The number of amides is 1. The van der Waals surface area contributed by atoms with E-state index in [1.54, 1.807) is 18.2 Å². The van der Waals surface area contributed by atoms with Crippen molar-refractivity contribution in [2.75, 3.05) is 14.1 Å². The van der Waals surface area contributed by atoms with Crippen LogP contribution < -0.4 is 14.2 Å². The molecular weight excluding hydrogens is 310 g/mol. The second kappa shape index (κ2) is 5.52. The number of benzene rings is 2. The number of para-hydroxylation sites is 1. The third kappa shape index (κ3) is 2.34. The van der Waals surface area contributed by atoms with Crippen molar-refractivity contribution in [3.8, 4) is 5.75 Å². The van der Waals surface area contributed by atoms with Gasteiger partial charge in [-0.05, 0) is 31.0 Å². The summed E-state index contributed by atoms with van der Waals surface area (Å²) in [5.74, 6) is 0.0472. The molecule has 0 spiro atoms. The van der Waals surface area contributed by atoms with E-state index < -0.39 is 6.09 Å². The molecule has 3 rings (SSSR count). The Hall–Kier alpha value is -3.09. The molecule has 0 fully saturated rings. The summed E-state index contributed by atoms with van der Waals surface area (Å²) in [5.41, 5.74) is 2.49. The summed E-state index contributed by atoms with van der Waals surface area (Å²) in [7, 11) is 3.07. The molecule has 0 saturated heterocycles. The van der Waals surface area contributed by atoms with E-state index in [1.165, 1.54) is 31.1 Å². The largest absolute Gasteiger partial charge is 0.617 e. The van der Waals surface area contributed by atoms with E-state index in [9.17, 15) is 15.2 Å². The first kappa shape index (κ1) is 15.8. The van der Waals surface area contributed by atoms with Gasteiger partial charge in [0.25, 0.3) is 16.6 Å². The highest BCUT2D eigenvalue weighted by molar-refractivity contribution is 5.83. The average molecular weight is 327 g/mol. The molecular formula is C17H17N3O4. The van der Waals surface area contributed by atoms with Gasteiger partial charge in [-0.3, -0.25) is 0 Å². The summed E-state index contributed by atoms with van der Waals surface area (Å²) in [6, 6.07) is 7.94. The Balaban J connectivity index is 2.38. The number of hydrogen-bond donors (Lipinski definition) is 0. The number of aryl methyl sites for hydroxylation is 2. The fraction of sp³-hybridized carbons (Fsp3) is 0.235. The Bertz CT molecular complexity index is 983. The monoisotopic (exact) mass is 327 g/mol. The molecule has 0 N–H and O–H groups in total. The van der Waals surface area contributed by atoms with Crippen molar-refractivity contribution in [2.24, 2.45) is 0 Å². The predicted octanol–water partition coefficient (Wildman–Crippen LogP) is 1.94. The van der Waals surface area contributed by atoms with Gasteiger partial charge in [0.2, 0.25) is 5.75 Å². The van der Waals surface area contributed by atoms with Crippen molar-refractivity contribution in [1.29, 1.82) is 0 Å². The lowest BCUT2D eigenvalue weighted by atomic mass is 10.1. The minimum Gasteiger partial charge on any atom is -0.617 e. The molecule has 0 saturated carbocycles. The summed E-state index contributed by atoms with van der Waals surface area (Å²) < 4.78 is 6.58. The number of aromatic nitrogens is 2. The normalized spacial score (nSPS) is 11.0. The van der Waals surface area contributed by atoms with E-state index in [4.69, 9.17) is 4.74 Å². The van der Waals surface area contributed by atoms with Gasteiger partial charge in [0.05, 0.1) is 0 Å². The second-order valence-electron chi connectivity index (χ2n) is 5.90. The topological polar surface area (TPSA) is 83.4 Å². The van der Waals surface area contributed by atoms with E-state index in [2.05, 4.69) is 0 Å². The van der Waals surface area contributed by atoms with Crippen LogP contribution in [0, 0.1) is 24.3 Å². The van der Waals surface area contributed by atoms with Crippen LogP contribution in [0.1, 0.15) is 11.1 Å². The van der Waals surface area contributed by atoms with Gasteiger partial charge in [-0.2, -0.15) is 9.46 Å². The molecule has 3 aromatic rings. The van der Waals surface area contributed by atoms with Crippen molar-refractivity contribution in [2.45, 2.75) is 13.8 Å². The minimum absolute atomic E-state index is 0.0263. The molecule has 7 heteroatoms. The smallest absolute Gasteiger partial charge is 0.414 e. The van der Waals surface area contributed by atoms with Gasteiger partial charge in [-0.15, -0.1) is 0 Å². The van der Waals surface area contributed by atoms with E-state index in [0.29, 0.717) is 9.46 Å². The molecule has 1 heterocycles. The van der Waals surface area contributed by atoms with Gasteiger partial charge in [-0.1, -0.05) is 6.07 Å². The molecule has 24 heavy (non-hydrogen) atoms. The number of carbonyl (C=O) groups is 1. The average Bonchev–Trinajstić information content (AvgIpc) is 2.54. The van der Waals surface area contributed by atoms with Crippen molar-refractivity contribution < 1.29 is 19.0 Å². The van der Waals surface area contributed by atoms with Crippen LogP contribution in [0.25, 0.3) is 22.1 Å². The van der Waals surface area contributed by atoms with Gasteiger partial charge < -0.3 is 20.1 Å². The third-order valence-electron chi connectivity index (χ3n) is 3.99. The zero-order valence-electron chi connectivity index (χ0n) is 13.9. The maximum absolute atomic E-state index is 12.8. The Morgan fingerprint density at radius 1 is 1.00 bits per heavy atom. The maximum atomic E-state index is 12.8. The molecule has 0 radical (unpaired) electrons. The summed E-state index contributed by atoms with van der Waals surface area (Å²) in [4.78, 5) is 13.1. The Morgan fingerprint density at radius 3 is 2.17 bits per heavy atom. The van der Waals surface area contributed by atoms with Crippen molar-refractivity contribution in [1.82, 2.24) is 4.90 Å². The molecule has 7 nitrogen and oxygen atoms in total. The van der Waals surface area contributed by atoms with Crippen LogP contribution in [0.15, 0.2) is 30.3 Å². The first-order chi connectivity index (χ1) is 11.3. The molecule has 0 bridgehead atoms. The van der Waals surface area contributed by atoms with Gasteiger partial charge in [0.1, 0.15) is 0 Å². The van der Waals surface area contributed by atoms with Crippen LogP contribution in [-0.4, -0.2) is 25.1 Å². The number of hydrogen-bond acceptors (Lipinski definition) is 4. The first-order valence-corrected chi connectivity index (χ1v) is 7.39. The van der Waals surface area contributed by atoms with E-state index in [-0.39, 0.29) is 27.8 Å². The summed E-state index contributed by atoms with van der Waals surface area (Å²) in [6.07, 6.45) is -0.625. The van der Waals surface area contributed by atoms with E-state index in [0.717, 1.165) is 11.1 Å². The highest BCUT2D eigenvalue weighted by Gasteiger charge is 2.26. The molecule has 0 aliphatic carbocycles. The number of fused-ring (bicyclic) bond motifs is 2. The van der Waals surface area contributed by atoms with Gasteiger partial charge in [-0.25, -0.2) is 4.79 Å². The molecule has 0 atom stereocenters. The van der Waals surface area contributed by atoms with Crippen LogP contribution in [0.5, 0.6) is 5.75 Å². The summed E-state index contributed by atoms with van der Waals surface area (Å²) in [5, 5.41) is 25.5. The summed E-state index contributed by atoms with van der Waals surface area (Å²) >= 11 is 0. The van der Waals surface area contributed by atoms with Gasteiger partial charge in [0.15, 0.2) is 0 Å². The minimum atomic E-state index is -0.625. The molecule has 124 valence electrons. The molecule has 0 aliphatic heterocycles. The van der Waals surface area contributed by atoms with Crippen LogP contribution >= 0.6 is 0 Å².